The van der Waals surface area contributed by atoms with Crippen molar-refractivity contribution in [1.82, 2.24) is 4.98 Å². The Labute approximate surface area is 109 Å². The minimum absolute atomic E-state index is 0.494. The fourth-order valence-electron chi connectivity index (χ4n) is 3.20. The zero-order valence-electron chi connectivity index (χ0n) is 11.3. The number of benzene rings is 1. The number of anilines is 1. The van der Waals surface area contributed by atoms with Crippen LogP contribution in [0.3, 0.4) is 0 Å². The van der Waals surface area contributed by atoms with Gasteiger partial charge in [-0.15, -0.1) is 0 Å². The fraction of sp³-hybridized carbons (Fsp3) is 0.500. The van der Waals surface area contributed by atoms with E-state index in [9.17, 15) is 0 Å². The van der Waals surface area contributed by atoms with Crippen molar-refractivity contribution in [3.63, 3.8) is 0 Å². The van der Waals surface area contributed by atoms with Gasteiger partial charge in [0.25, 0.3) is 0 Å². The molecule has 18 heavy (non-hydrogen) atoms. The number of aromatic nitrogens is 1. The van der Waals surface area contributed by atoms with Crippen LogP contribution in [0.4, 0.5) is 5.69 Å². The molecule has 0 saturated heterocycles. The molecule has 1 aliphatic rings. The highest BCUT2D eigenvalue weighted by molar-refractivity contribution is 5.83. The molecule has 2 N–H and O–H groups in total. The van der Waals surface area contributed by atoms with Crippen molar-refractivity contribution in [2.45, 2.75) is 45.6 Å². The predicted molar refractivity (Wildman–Crippen MR) is 78.0 cm³/mol. The lowest BCUT2D eigenvalue weighted by molar-refractivity contribution is 0.229. The van der Waals surface area contributed by atoms with E-state index in [1.165, 1.54) is 42.3 Å². The molecule has 2 heteroatoms. The summed E-state index contributed by atoms with van der Waals surface area (Å²) in [6.07, 6.45) is 7.28. The third-order valence-electron chi connectivity index (χ3n) is 4.13. The average molecular weight is 242 g/mol. The second kappa shape index (κ2) is 4.34. The molecule has 1 aromatic carbocycles. The molecule has 1 aromatic heterocycles. The number of rotatable bonds is 2. The molecule has 0 radical (unpaired) electrons. The van der Waals surface area contributed by atoms with Crippen LogP contribution in [0.2, 0.25) is 0 Å². The highest BCUT2D eigenvalue weighted by atomic mass is 14.9. The van der Waals surface area contributed by atoms with Crippen LogP contribution in [0.15, 0.2) is 30.5 Å². The van der Waals surface area contributed by atoms with Crippen molar-refractivity contribution in [3.05, 3.63) is 30.5 Å². The topological polar surface area (TPSA) is 27.8 Å². The van der Waals surface area contributed by atoms with E-state index >= 15 is 0 Å². The SMILES string of the molecule is CC1(C)CCCC(Nc2ccc3[nH]ccc3c2)C1. The standard InChI is InChI=1S/C16H22N2/c1-16(2)8-3-4-14(11-16)18-13-5-6-15-12(10-13)7-9-17-15/h5-7,9-10,14,17-18H,3-4,8,11H2,1-2H3. The van der Waals surface area contributed by atoms with Crippen LogP contribution in [-0.4, -0.2) is 11.0 Å². The van der Waals surface area contributed by atoms with Gasteiger partial charge in [0.2, 0.25) is 0 Å². The summed E-state index contributed by atoms with van der Waals surface area (Å²) >= 11 is 0. The van der Waals surface area contributed by atoms with Gasteiger partial charge in [0.15, 0.2) is 0 Å². The van der Waals surface area contributed by atoms with Gasteiger partial charge in [-0.05, 0) is 48.9 Å². The van der Waals surface area contributed by atoms with Gasteiger partial charge in [0.05, 0.1) is 0 Å². The van der Waals surface area contributed by atoms with Crippen molar-refractivity contribution in [2.75, 3.05) is 5.32 Å². The Bertz CT molecular complexity index is 539. The lowest BCUT2D eigenvalue weighted by atomic mass is 9.75. The summed E-state index contributed by atoms with van der Waals surface area (Å²) < 4.78 is 0. The zero-order valence-corrected chi connectivity index (χ0v) is 11.3. The van der Waals surface area contributed by atoms with Crippen molar-refractivity contribution < 1.29 is 0 Å². The van der Waals surface area contributed by atoms with Crippen molar-refractivity contribution in [1.29, 1.82) is 0 Å². The van der Waals surface area contributed by atoms with Gasteiger partial charge in [0.1, 0.15) is 0 Å². The molecular weight excluding hydrogens is 220 g/mol. The first-order chi connectivity index (χ1) is 8.62. The lowest BCUT2D eigenvalue weighted by Crippen LogP contribution is -2.31. The van der Waals surface area contributed by atoms with Crippen LogP contribution in [0.25, 0.3) is 10.9 Å². The Morgan fingerprint density at radius 1 is 1.28 bits per heavy atom. The van der Waals surface area contributed by atoms with Crippen LogP contribution in [-0.2, 0) is 0 Å². The van der Waals surface area contributed by atoms with Gasteiger partial charge < -0.3 is 10.3 Å². The van der Waals surface area contributed by atoms with E-state index in [1.54, 1.807) is 0 Å². The van der Waals surface area contributed by atoms with E-state index in [-0.39, 0.29) is 0 Å². The van der Waals surface area contributed by atoms with Gasteiger partial charge in [-0.1, -0.05) is 20.3 Å². The quantitative estimate of drug-likeness (QED) is 0.794. The Hall–Kier alpha value is -1.44. The van der Waals surface area contributed by atoms with Crippen LogP contribution >= 0.6 is 0 Å². The van der Waals surface area contributed by atoms with Gasteiger partial charge in [-0.2, -0.15) is 0 Å². The molecule has 1 saturated carbocycles. The molecule has 96 valence electrons. The largest absolute Gasteiger partial charge is 0.382 e. The third-order valence-corrected chi connectivity index (χ3v) is 4.13. The highest BCUT2D eigenvalue weighted by Gasteiger charge is 2.27. The van der Waals surface area contributed by atoms with Crippen molar-refractivity contribution in [2.24, 2.45) is 5.41 Å². The first-order valence-electron chi connectivity index (χ1n) is 6.96. The van der Waals surface area contributed by atoms with Gasteiger partial charge >= 0.3 is 0 Å². The second-order valence-corrected chi connectivity index (χ2v) is 6.38. The molecule has 1 heterocycles. The summed E-state index contributed by atoms with van der Waals surface area (Å²) in [6.45, 7) is 4.77. The predicted octanol–water partition coefficient (Wildman–Crippen LogP) is 4.55. The molecule has 3 rings (SSSR count). The number of hydrogen-bond donors (Lipinski definition) is 2. The van der Waals surface area contributed by atoms with E-state index < -0.39 is 0 Å². The second-order valence-electron chi connectivity index (χ2n) is 6.38. The Morgan fingerprint density at radius 3 is 3.00 bits per heavy atom. The summed E-state index contributed by atoms with van der Waals surface area (Å²) in [5.41, 5.74) is 2.96. The third kappa shape index (κ3) is 2.38. The summed E-state index contributed by atoms with van der Waals surface area (Å²) in [7, 11) is 0. The zero-order chi connectivity index (χ0) is 12.6. The number of hydrogen-bond acceptors (Lipinski definition) is 1. The van der Waals surface area contributed by atoms with Gasteiger partial charge in [-0.25, -0.2) is 0 Å². The molecule has 0 spiro atoms. The molecule has 1 fully saturated rings. The monoisotopic (exact) mass is 242 g/mol. The minimum Gasteiger partial charge on any atom is -0.382 e. The number of fused-ring (bicyclic) bond motifs is 1. The number of aromatic amines is 1. The van der Waals surface area contributed by atoms with Crippen LogP contribution in [0.5, 0.6) is 0 Å². The summed E-state index contributed by atoms with van der Waals surface area (Å²) in [4.78, 5) is 3.24. The molecule has 1 atom stereocenters. The highest BCUT2D eigenvalue weighted by Crippen LogP contribution is 2.36. The van der Waals surface area contributed by atoms with Crippen molar-refractivity contribution in [3.8, 4) is 0 Å². The molecule has 1 aliphatic carbocycles. The van der Waals surface area contributed by atoms with Crippen molar-refractivity contribution >= 4 is 16.6 Å². The maximum absolute atomic E-state index is 3.70. The van der Waals surface area contributed by atoms with E-state index in [0.717, 1.165) is 0 Å². The first-order valence-corrected chi connectivity index (χ1v) is 6.96. The smallest absolute Gasteiger partial charge is 0.0455 e. The van der Waals surface area contributed by atoms with Gasteiger partial charge in [-0.3, -0.25) is 0 Å². The number of nitrogens with one attached hydrogen (secondary N) is 2. The van der Waals surface area contributed by atoms with Crippen LogP contribution < -0.4 is 5.32 Å². The first kappa shape index (κ1) is 11.6. The maximum atomic E-state index is 3.70. The molecule has 0 aliphatic heterocycles. The van der Waals surface area contributed by atoms with Crippen LogP contribution in [0.1, 0.15) is 39.5 Å². The van der Waals surface area contributed by atoms with E-state index in [1.807, 2.05) is 6.20 Å². The Kier molecular flexibility index (Phi) is 2.81. The molecule has 2 aromatic rings. The lowest BCUT2D eigenvalue weighted by Gasteiger charge is -2.36. The Morgan fingerprint density at radius 2 is 2.17 bits per heavy atom. The molecule has 1 unspecified atom stereocenters. The molecule has 0 bridgehead atoms. The molecule has 2 nitrogen and oxygen atoms in total. The summed E-state index contributed by atoms with van der Waals surface area (Å²) in [6, 6.07) is 9.34. The average Bonchev–Trinajstić information content (AvgIpc) is 2.74. The van der Waals surface area contributed by atoms with E-state index in [4.69, 9.17) is 0 Å². The molecule has 0 amide bonds. The van der Waals surface area contributed by atoms with Gasteiger partial charge in [0, 0.05) is 28.8 Å². The van der Waals surface area contributed by atoms with E-state index in [2.05, 4.69) is 48.4 Å². The summed E-state index contributed by atoms with van der Waals surface area (Å²) in [5, 5.41) is 4.99. The van der Waals surface area contributed by atoms with E-state index in [0.29, 0.717) is 11.5 Å². The minimum atomic E-state index is 0.494. The maximum Gasteiger partial charge on any atom is 0.0455 e. The summed E-state index contributed by atoms with van der Waals surface area (Å²) in [5.74, 6) is 0. The fourth-order valence-corrected chi connectivity index (χ4v) is 3.20. The molecular formula is C16H22N2. The Balaban J connectivity index is 1.75. The van der Waals surface area contributed by atoms with Crippen LogP contribution in [0, 0.1) is 5.41 Å². The normalized spacial score (nSPS) is 23.1. The number of H-pyrrole nitrogens is 1.